The third-order valence-electron chi connectivity index (χ3n) is 5.66. The molecule has 9 nitrogen and oxygen atoms in total. The minimum atomic E-state index is -0.240. The Bertz CT molecular complexity index is 1230. The number of pyridine rings is 3. The first-order chi connectivity index (χ1) is 15.9. The quantitative estimate of drug-likeness (QED) is 0.534. The van der Waals surface area contributed by atoms with Crippen LogP contribution < -0.4 is 19.9 Å². The highest BCUT2D eigenvalue weighted by Crippen LogP contribution is 2.30. The summed E-state index contributed by atoms with van der Waals surface area (Å²) in [5.74, 6) is 1.49. The van der Waals surface area contributed by atoms with Gasteiger partial charge >= 0.3 is 0 Å². The van der Waals surface area contributed by atoms with Crippen molar-refractivity contribution in [3.63, 3.8) is 0 Å². The lowest BCUT2D eigenvalue weighted by Crippen LogP contribution is -2.50. The van der Waals surface area contributed by atoms with E-state index in [-0.39, 0.29) is 23.9 Å². The van der Waals surface area contributed by atoms with E-state index in [1.165, 1.54) is 0 Å². The summed E-state index contributed by atoms with van der Waals surface area (Å²) in [5, 5.41) is 0. The topological polar surface area (TPSA) is 83.1 Å². The minimum Gasteiger partial charge on any atom is -0.489 e. The minimum absolute atomic E-state index is 0.0759. The summed E-state index contributed by atoms with van der Waals surface area (Å²) in [5.41, 5.74) is 1.88. The molecule has 4 rings (SSSR count). The number of piperidine rings is 1. The summed E-state index contributed by atoms with van der Waals surface area (Å²) in [4.78, 5) is 26.9. The molecule has 0 saturated carbocycles. The molecule has 0 bridgehead atoms. The molecule has 9 heteroatoms. The Balaban J connectivity index is 1.56. The van der Waals surface area contributed by atoms with Crippen molar-refractivity contribution in [2.75, 3.05) is 25.1 Å². The number of anilines is 1. The van der Waals surface area contributed by atoms with Gasteiger partial charge in [-0.15, -0.1) is 4.98 Å². The predicted molar refractivity (Wildman–Crippen MR) is 125 cm³/mol. The Morgan fingerprint density at radius 2 is 2.03 bits per heavy atom. The van der Waals surface area contributed by atoms with Gasteiger partial charge in [0.2, 0.25) is 11.4 Å². The van der Waals surface area contributed by atoms with Crippen LogP contribution in [0.2, 0.25) is 0 Å². The maximum absolute atomic E-state index is 12.6. The van der Waals surface area contributed by atoms with Crippen molar-refractivity contribution in [1.29, 1.82) is 0 Å². The second kappa shape index (κ2) is 9.46. The molecule has 4 heterocycles. The molecule has 0 spiro atoms. The Morgan fingerprint density at radius 1 is 1.21 bits per heavy atom. The first kappa shape index (κ1) is 22.6. The zero-order valence-electron chi connectivity index (χ0n) is 19.2. The maximum Gasteiger partial charge on any atom is 0.270 e. The summed E-state index contributed by atoms with van der Waals surface area (Å²) >= 11 is 0. The molecule has 0 aromatic carbocycles. The average Bonchev–Trinajstić information content (AvgIpc) is 2.82. The van der Waals surface area contributed by atoms with E-state index in [1.807, 2.05) is 19.9 Å². The molecule has 0 N–H and O–H groups in total. The van der Waals surface area contributed by atoms with Crippen LogP contribution in [-0.4, -0.2) is 53.0 Å². The van der Waals surface area contributed by atoms with Gasteiger partial charge in [-0.1, -0.05) is 6.57 Å². The van der Waals surface area contributed by atoms with E-state index in [1.54, 1.807) is 49.2 Å². The van der Waals surface area contributed by atoms with Gasteiger partial charge < -0.3 is 28.5 Å². The zero-order chi connectivity index (χ0) is 23.5. The van der Waals surface area contributed by atoms with E-state index in [0.717, 1.165) is 0 Å². The highest BCUT2D eigenvalue weighted by molar-refractivity contribution is 5.89. The van der Waals surface area contributed by atoms with Crippen LogP contribution in [0.5, 0.6) is 11.6 Å². The van der Waals surface area contributed by atoms with Gasteiger partial charge in [0.25, 0.3) is 11.4 Å². The highest BCUT2D eigenvalue weighted by atomic mass is 16.5. The number of aryl methyl sites for hydroxylation is 1. The third-order valence-corrected chi connectivity index (χ3v) is 5.66. The number of hydrogen-bond acceptors (Lipinski definition) is 7. The number of rotatable bonds is 6. The molecule has 172 valence electrons. The van der Waals surface area contributed by atoms with E-state index in [2.05, 4.69) is 19.7 Å². The van der Waals surface area contributed by atoms with Crippen LogP contribution in [-0.2, 0) is 11.8 Å². The number of aromatic nitrogens is 3. The van der Waals surface area contributed by atoms with Gasteiger partial charge in [-0.05, 0) is 32.0 Å². The van der Waals surface area contributed by atoms with E-state index < -0.39 is 0 Å². The lowest BCUT2D eigenvalue weighted by molar-refractivity contribution is -0.00909. The van der Waals surface area contributed by atoms with Crippen LogP contribution in [0.4, 0.5) is 11.5 Å². The fraction of sp³-hybridized carbons (Fsp3) is 0.417. The van der Waals surface area contributed by atoms with Gasteiger partial charge in [0.1, 0.15) is 18.0 Å². The molecular formula is C24H27N5O4. The van der Waals surface area contributed by atoms with Gasteiger partial charge in [0.15, 0.2) is 0 Å². The van der Waals surface area contributed by atoms with Crippen LogP contribution in [0.25, 0.3) is 15.9 Å². The van der Waals surface area contributed by atoms with Gasteiger partial charge in [0, 0.05) is 45.8 Å². The van der Waals surface area contributed by atoms with Gasteiger partial charge in [0.05, 0.1) is 23.5 Å². The molecule has 0 amide bonds. The number of hydrogen-bond donors (Lipinski definition) is 0. The van der Waals surface area contributed by atoms with Crippen molar-refractivity contribution >= 4 is 22.5 Å². The van der Waals surface area contributed by atoms with Crippen LogP contribution >= 0.6 is 0 Å². The fourth-order valence-corrected chi connectivity index (χ4v) is 4.01. The molecule has 33 heavy (non-hydrogen) atoms. The molecular weight excluding hydrogens is 422 g/mol. The van der Waals surface area contributed by atoms with Crippen LogP contribution in [0.3, 0.4) is 0 Å². The summed E-state index contributed by atoms with van der Waals surface area (Å²) in [6.45, 7) is 12.4. The smallest absolute Gasteiger partial charge is 0.270 e. The van der Waals surface area contributed by atoms with Gasteiger partial charge in [-0.3, -0.25) is 4.79 Å². The van der Waals surface area contributed by atoms with E-state index in [4.69, 9.17) is 20.8 Å². The average molecular weight is 450 g/mol. The lowest BCUT2D eigenvalue weighted by atomic mass is 10.0. The summed E-state index contributed by atoms with van der Waals surface area (Å²) in [6, 6.07) is 8.60. The number of methoxy groups -OCH3 is 1. The second-order valence-corrected chi connectivity index (χ2v) is 8.24. The SMILES string of the molecule is [C-]#[N+]c1ccc2c(n1)c(N1CC[C@H](Oc3ccc(OC(C)C)cn3)[C@@H](OC)C1)cc(=O)n2C. The van der Waals surface area contributed by atoms with E-state index >= 15 is 0 Å². The van der Waals surface area contributed by atoms with Gasteiger partial charge in [-0.2, -0.15) is 0 Å². The first-order valence-electron chi connectivity index (χ1n) is 10.8. The zero-order valence-corrected chi connectivity index (χ0v) is 19.2. The van der Waals surface area contributed by atoms with E-state index in [9.17, 15) is 4.79 Å². The molecule has 3 aromatic heterocycles. The fourth-order valence-electron chi connectivity index (χ4n) is 4.01. The molecule has 3 aromatic rings. The maximum atomic E-state index is 12.6. The molecule has 0 aliphatic carbocycles. The van der Waals surface area contributed by atoms with Crippen LogP contribution in [0, 0.1) is 6.57 Å². The van der Waals surface area contributed by atoms with Crippen molar-refractivity contribution in [3.05, 3.63) is 58.3 Å². The third kappa shape index (κ3) is 4.76. The van der Waals surface area contributed by atoms with Gasteiger partial charge in [-0.25, -0.2) is 4.98 Å². The monoisotopic (exact) mass is 449 g/mol. The molecule has 2 atom stereocenters. The predicted octanol–water partition coefficient (Wildman–Crippen LogP) is 3.34. The largest absolute Gasteiger partial charge is 0.489 e. The molecule has 1 fully saturated rings. The number of fused-ring (bicyclic) bond motifs is 1. The highest BCUT2D eigenvalue weighted by Gasteiger charge is 2.33. The molecule has 0 unspecified atom stereocenters. The van der Waals surface area contributed by atoms with Crippen molar-refractivity contribution in [1.82, 2.24) is 14.5 Å². The second-order valence-electron chi connectivity index (χ2n) is 8.24. The van der Waals surface area contributed by atoms with Crippen molar-refractivity contribution in [2.24, 2.45) is 7.05 Å². The number of ether oxygens (including phenoxy) is 3. The Hall–Kier alpha value is -3.64. The molecule has 1 aliphatic rings. The van der Waals surface area contributed by atoms with Crippen molar-refractivity contribution < 1.29 is 14.2 Å². The first-order valence-corrected chi connectivity index (χ1v) is 10.8. The molecule has 1 saturated heterocycles. The molecule has 0 radical (unpaired) electrons. The Morgan fingerprint density at radius 3 is 2.70 bits per heavy atom. The Labute approximate surface area is 192 Å². The van der Waals surface area contributed by atoms with Crippen molar-refractivity contribution in [3.8, 4) is 11.6 Å². The van der Waals surface area contributed by atoms with Crippen molar-refractivity contribution in [2.45, 2.75) is 38.6 Å². The normalized spacial score (nSPS) is 18.4. The summed E-state index contributed by atoms with van der Waals surface area (Å²) < 4.78 is 19.1. The standard InChI is InChI=1S/C24H27N5O4/c1-15(2)32-16-6-9-22(26-13-16)33-19-10-11-29(14-20(19)31-5)18-12-23(30)28(4)17-7-8-21(25-3)27-24(17)18/h6-9,12-13,15,19-20H,10-11,14H2,1-2,4-5H3/t19-,20-/m0/s1. The van der Waals surface area contributed by atoms with E-state index in [0.29, 0.717) is 53.7 Å². The Kier molecular flexibility index (Phi) is 6.47. The van der Waals surface area contributed by atoms with Crippen LogP contribution in [0.1, 0.15) is 20.3 Å². The molecule has 1 aliphatic heterocycles. The lowest BCUT2D eigenvalue weighted by Gasteiger charge is -2.38. The summed E-state index contributed by atoms with van der Waals surface area (Å²) in [7, 11) is 3.35. The number of nitrogens with zero attached hydrogens (tertiary/aromatic N) is 5. The summed E-state index contributed by atoms with van der Waals surface area (Å²) in [6.07, 6.45) is 1.96. The van der Waals surface area contributed by atoms with Crippen LogP contribution in [0.15, 0.2) is 41.3 Å².